The van der Waals surface area contributed by atoms with Gasteiger partial charge in [0.15, 0.2) is 0 Å². The van der Waals surface area contributed by atoms with Gasteiger partial charge < -0.3 is 19.9 Å². The lowest BCUT2D eigenvalue weighted by Crippen LogP contribution is -2.44. The molecule has 2 aromatic heterocycles. The van der Waals surface area contributed by atoms with Crippen LogP contribution in [0.15, 0.2) is 32.4 Å². The van der Waals surface area contributed by atoms with E-state index in [9.17, 15) is 22.8 Å². The summed E-state index contributed by atoms with van der Waals surface area (Å²) in [7, 11) is 0. The summed E-state index contributed by atoms with van der Waals surface area (Å²) in [4.78, 5) is 31.2. The number of aromatic nitrogens is 3. The van der Waals surface area contributed by atoms with Crippen LogP contribution < -0.4 is 21.5 Å². The number of nitrogens with zero attached hydrogens (tertiary/aromatic N) is 3. The molecule has 29 heavy (non-hydrogen) atoms. The summed E-state index contributed by atoms with van der Waals surface area (Å²) in [5, 5.41) is 9.27. The number of morpholine rings is 1. The molecular weight excluding hydrogens is 395 g/mol. The monoisotopic (exact) mass is 409 g/mol. The number of rotatable bonds is 5. The highest BCUT2D eigenvalue weighted by atomic mass is 19.4. The highest BCUT2D eigenvalue weighted by molar-refractivity contribution is 5.58. The quantitative estimate of drug-likeness (QED) is 0.595. The predicted molar refractivity (Wildman–Crippen MR) is 92.8 cm³/mol. The van der Waals surface area contributed by atoms with Crippen molar-refractivity contribution >= 4 is 5.69 Å². The van der Waals surface area contributed by atoms with E-state index in [0.29, 0.717) is 31.0 Å². The van der Waals surface area contributed by atoms with Crippen LogP contribution in [0, 0.1) is 0 Å². The number of halogens is 3. The van der Waals surface area contributed by atoms with Gasteiger partial charge in [-0.3, -0.25) is 14.6 Å². The van der Waals surface area contributed by atoms with Gasteiger partial charge in [0.1, 0.15) is 6.10 Å². The minimum atomic E-state index is -4.72. The van der Waals surface area contributed by atoms with Crippen LogP contribution in [0.3, 0.4) is 0 Å². The third kappa shape index (κ3) is 3.76. The molecule has 152 valence electrons. The molecule has 1 fully saturated rings. The predicted octanol–water partition coefficient (Wildman–Crippen LogP) is 1.02. The molecule has 0 spiro atoms. The Bertz CT molecular complexity index is 1080. The maximum absolute atomic E-state index is 12.5. The molecule has 3 aromatic rings. The first kappa shape index (κ1) is 19.2. The number of hydrogen-bond donors (Lipinski definition) is 2. The second-order valence-electron chi connectivity index (χ2n) is 6.32. The molecule has 0 radical (unpaired) electrons. The van der Waals surface area contributed by atoms with E-state index in [1.807, 2.05) is 0 Å². The highest BCUT2D eigenvalue weighted by Gasteiger charge is 2.38. The number of hydrogen-bond acceptors (Lipinski definition) is 9. The van der Waals surface area contributed by atoms with Gasteiger partial charge in [0, 0.05) is 24.8 Å². The zero-order chi connectivity index (χ0) is 20.6. The van der Waals surface area contributed by atoms with Crippen LogP contribution in [-0.4, -0.2) is 34.8 Å². The fourth-order valence-electron chi connectivity index (χ4n) is 2.94. The van der Waals surface area contributed by atoms with Crippen molar-refractivity contribution in [1.82, 2.24) is 20.4 Å². The Balaban J connectivity index is 1.44. The average Bonchev–Trinajstić information content (AvgIpc) is 3.22. The Kier molecular flexibility index (Phi) is 4.88. The molecule has 0 aliphatic carbocycles. The minimum absolute atomic E-state index is 0.137. The Hall–Kier alpha value is -3.12. The average molecular weight is 409 g/mol. The normalized spacial score (nSPS) is 17.6. The van der Waals surface area contributed by atoms with Gasteiger partial charge in [0.2, 0.25) is 16.7 Å². The van der Waals surface area contributed by atoms with Gasteiger partial charge in [-0.15, -0.1) is 0 Å². The first-order valence-corrected chi connectivity index (χ1v) is 8.60. The lowest BCUT2D eigenvalue weighted by molar-refractivity contribution is -0.159. The van der Waals surface area contributed by atoms with Crippen molar-refractivity contribution in [2.24, 2.45) is 0 Å². The van der Waals surface area contributed by atoms with Crippen molar-refractivity contribution in [3.63, 3.8) is 0 Å². The fraction of sp³-hybridized carbons (Fsp3) is 0.353. The molecule has 1 saturated heterocycles. The Labute approximate surface area is 160 Å². The van der Waals surface area contributed by atoms with Crippen LogP contribution in [0.25, 0.3) is 11.4 Å². The summed E-state index contributed by atoms with van der Waals surface area (Å²) in [5.41, 5.74) is 0.0617. The molecule has 1 aromatic carbocycles. The Morgan fingerprint density at radius 3 is 2.69 bits per heavy atom. The molecule has 1 aliphatic heterocycles. The molecule has 9 nitrogen and oxygen atoms in total. The van der Waals surface area contributed by atoms with Crippen LogP contribution in [0.1, 0.15) is 23.3 Å². The van der Waals surface area contributed by atoms with Gasteiger partial charge in [-0.25, -0.2) is 0 Å². The highest BCUT2D eigenvalue weighted by Crippen LogP contribution is 2.29. The van der Waals surface area contributed by atoms with Crippen LogP contribution in [0.4, 0.5) is 18.9 Å². The van der Waals surface area contributed by atoms with Crippen molar-refractivity contribution in [2.75, 3.05) is 25.0 Å². The summed E-state index contributed by atoms with van der Waals surface area (Å²) in [6, 6.07) is 3.02. The van der Waals surface area contributed by atoms with Gasteiger partial charge in [0.25, 0.3) is 0 Å². The molecule has 0 saturated carbocycles. The van der Waals surface area contributed by atoms with Crippen molar-refractivity contribution in [2.45, 2.75) is 18.8 Å². The Morgan fingerprint density at radius 1 is 1.24 bits per heavy atom. The summed E-state index contributed by atoms with van der Waals surface area (Å²) in [5.74, 6) is -1.68. The van der Waals surface area contributed by atoms with E-state index in [-0.39, 0.29) is 23.6 Å². The van der Waals surface area contributed by atoms with E-state index in [2.05, 4.69) is 30.3 Å². The van der Waals surface area contributed by atoms with E-state index in [1.54, 1.807) is 0 Å². The molecule has 1 unspecified atom stereocenters. The Morgan fingerprint density at radius 2 is 2.07 bits per heavy atom. The molecular formula is C17H14F3N5O4. The maximum Gasteiger partial charge on any atom is 0.471 e. The summed E-state index contributed by atoms with van der Waals surface area (Å²) in [6.07, 6.45) is -3.91. The molecule has 0 amide bonds. The smallest absolute Gasteiger partial charge is 0.376 e. The fourth-order valence-corrected chi connectivity index (χ4v) is 2.94. The maximum atomic E-state index is 12.5. The number of alkyl halides is 3. The van der Waals surface area contributed by atoms with Gasteiger partial charge in [0.05, 0.1) is 30.1 Å². The van der Waals surface area contributed by atoms with E-state index in [0.717, 1.165) is 0 Å². The third-order valence-corrected chi connectivity index (χ3v) is 4.39. The molecule has 12 heteroatoms. The largest absolute Gasteiger partial charge is 0.471 e. The van der Waals surface area contributed by atoms with Crippen LogP contribution in [0.5, 0.6) is 0 Å². The zero-order valence-electron chi connectivity index (χ0n) is 14.7. The van der Waals surface area contributed by atoms with Crippen molar-refractivity contribution in [3.05, 3.63) is 55.9 Å². The second-order valence-corrected chi connectivity index (χ2v) is 6.32. The van der Waals surface area contributed by atoms with Gasteiger partial charge >= 0.3 is 12.1 Å². The summed E-state index contributed by atoms with van der Waals surface area (Å²) < 4.78 is 47.3. The number of nitrogens with one attached hydrogen (secondary N) is 2. The lowest BCUT2D eigenvalue weighted by Gasteiger charge is -2.26. The minimum Gasteiger partial charge on any atom is -0.376 e. The number of ether oxygens (including phenoxy) is 1. The zero-order valence-corrected chi connectivity index (χ0v) is 14.7. The van der Waals surface area contributed by atoms with Crippen LogP contribution in [-0.2, 0) is 17.5 Å². The molecule has 3 heterocycles. The van der Waals surface area contributed by atoms with Gasteiger partial charge in [-0.1, -0.05) is 5.16 Å². The van der Waals surface area contributed by atoms with E-state index in [4.69, 9.17) is 4.74 Å². The number of pyridine rings is 1. The first-order chi connectivity index (χ1) is 13.8. The molecule has 1 atom stereocenters. The van der Waals surface area contributed by atoms with Gasteiger partial charge in [-0.2, -0.15) is 18.2 Å². The molecule has 0 bridgehead atoms. The van der Waals surface area contributed by atoms with E-state index in [1.165, 1.54) is 18.3 Å². The van der Waals surface area contributed by atoms with E-state index >= 15 is 0 Å². The molecule has 4 rings (SSSR count). The molecule has 2 N–H and O–H groups in total. The van der Waals surface area contributed by atoms with Crippen molar-refractivity contribution in [1.29, 1.82) is 0 Å². The third-order valence-electron chi connectivity index (χ3n) is 4.39. The van der Waals surface area contributed by atoms with Crippen LogP contribution >= 0.6 is 0 Å². The van der Waals surface area contributed by atoms with E-state index < -0.39 is 29.0 Å². The SMILES string of the molecule is O=c1c(NCc2ccc(-c3noc(C(F)(F)F)n3)cn2)c(C2CNCCO2)c1=O. The molecule has 1 aliphatic rings. The summed E-state index contributed by atoms with van der Waals surface area (Å²) >= 11 is 0. The topological polar surface area (TPSA) is 119 Å². The lowest BCUT2D eigenvalue weighted by atomic mass is 10.00. The number of anilines is 1. The van der Waals surface area contributed by atoms with Crippen molar-refractivity contribution in [3.8, 4) is 11.4 Å². The van der Waals surface area contributed by atoms with Crippen LogP contribution in [0.2, 0.25) is 0 Å². The summed E-state index contributed by atoms with van der Waals surface area (Å²) in [6.45, 7) is 1.70. The second kappa shape index (κ2) is 7.37. The van der Waals surface area contributed by atoms with Crippen molar-refractivity contribution < 1.29 is 22.4 Å². The standard InChI is InChI=1S/C17H14F3N5O4/c18-17(19,20)16-24-15(25-29-16)8-1-2-9(22-5-8)6-23-12-11(13(26)14(12)27)10-7-21-3-4-28-10/h1-2,5,10,21,23H,3-4,6-7H2. The van der Waals surface area contributed by atoms with Gasteiger partial charge in [-0.05, 0) is 12.1 Å². The first-order valence-electron chi connectivity index (χ1n) is 8.60.